The summed E-state index contributed by atoms with van der Waals surface area (Å²) in [5.74, 6) is 1.34. The van der Waals surface area contributed by atoms with Crippen LogP contribution in [0.4, 0.5) is 10.1 Å². The van der Waals surface area contributed by atoms with E-state index in [-0.39, 0.29) is 5.82 Å². The SMILES string of the molecule is CC(C)C(CNc1c(F)cccc1Cl)C(C)C. The van der Waals surface area contributed by atoms with Crippen LogP contribution in [0.15, 0.2) is 18.2 Å². The van der Waals surface area contributed by atoms with Crippen LogP contribution in [0.2, 0.25) is 5.02 Å². The first-order valence-corrected chi connectivity index (χ1v) is 6.49. The van der Waals surface area contributed by atoms with Crippen LogP contribution in [0.1, 0.15) is 27.7 Å². The minimum absolute atomic E-state index is 0.288. The van der Waals surface area contributed by atoms with Crippen LogP contribution in [0, 0.1) is 23.6 Å². The van der Waals surface area contributed by atoms with Crippen molar-refractivity contribution < 1.29 is 4.39 Å². The molecule has 1 nitrogen and oxygen atoms in total. The average Bonchev–Trinajstić information content (AvgIpc) is 2.21. The molecule has 0 atom stereocenters. The molecule has 0 saturated heterocycles. The highest BCUT2D eigenvalue weighted by Gasteiger charge is 2.18. The number of hydrogen-bond donors (Lipinski definition) is 1. The molecule has 0 heterocycles. The molecule has 0 fully saturated rings. The Labute approximate surface area is 108 Å². The Morgan fingerprint density at radius 2 is 1.76 bits per heavy atom. The van der Waals surface area contributed by atoms with Crippen LogP contribution in [-0.2, 0) is 0 Å². The second-order valence-corrected chi connectivity index (χ2v) is 5.54. The predicted octanol–water partition coefficient (Wildman–Crippen LogP) is 4.82. The zero-order valence-corrected chi connectivity index (χ0v) is 11.7. The Morgan fingerprint density at radius 1 is 1.18 bits per heavy atom. The van der Waals surface area contributed by atoms with E-state index in [2.05, 4.69) is 33.0 Å². The molecule has 0 saturated carbocycles. The number of para-hydroxylation sites is 1. The maximum absolute atomic E-state index is 13.6. The van der Waals surface area contributed by atoms with Gasteiger partial charge in [0.1, 0.15) is 5.82 Å². The summed E-state index contributed by atoms with van der Waals surface area (Å²) < 4.78 is 13.6. The number of anilines is 1. The van der Waals surface area contributed by atoms with Crippen LogP contribution < -0.4 is 5.32 Å². The van der Waals surface area contributed by atoms with Crippen molar-refractivity contribution in [2.75, 3.05) is 11.9 Å². The molecule has 0 aliphatic rings. The van der Waals surface area contributed by atoms with Gasteiger partial charge in [-0.15, -0.1) is 0 Å². The zero-order chi connectivity index (χ0) is 13.0. The van der Waals surface area contributed by atoms with Crippen molar-refractivity contribution in [2.24, 2.45) is 17.8 Å². The quantitative estimate of drug-likeness (QED) is 0.798. The van der Waals surface area contributed by atoms with Gasteiger partial charge in [-0.3, -0.25) is 0 Å². The highest BCUT2D eigenvalue weighted by atomic mass is 35.5. The van der Waals surface area contributed by atoms with Crippen LogP contribution in [0.25, 0.3) is 0 Å². The Kier molecular flexibility index (Phi) is 5.26. The minimum Gasteiger partial charge on any atom is -0.381 e. The van der Waals surface area contributed by atoms with Crippen molar-refractivity contribution in [3.05, 3.63) is 29.0 Å². The first-order chi connectivity index (χ1) is 7.93. The monoisotopic (exact) mass is 257 g/mol. The van der Waals surface area contributed by atoms with Gasteiger partial charge in [0, 0.05) is 6.54 Å². The highest BCUT2D eigenvalue weighted by molar-refractivity contribution is 6.33. The third-order valence-electron chi connectivity index (χ3n) is 3.19. The summed E-state index contributed by atoms with van der Waals surface area (Å²) in [5, 5.41) is 3.58. The number of halogens is 2. The van der Waals surface area contributed by atoms with E-state index in [0.717, 1.165) is 6.54 Å². The van der Waals surface area contributed by atoms with E-state index in [1.165, 1.54) is 6.07 Å². The number of hydrogen-bond acceptors (Lipinski definition) is 1. The number of benzene rings is 1. The smallest absolute Gasteiger partial charge is 0.147 e. The van der Waals surface area contributed by atoms with Gasteiger partial charge in [-0.05, 0) is 29.9 Å². The zero-order valence-electron chi connectivity index (χ0n) is 10.9. The molecule has 0 bridgehead atoms. The normalized spacial score (nSPS) is 11.6. The van der Waals surface area contributed by atoms with Gasteiger partial charge in [-0.25, -0.2) is 4.39 Å². The van der Waals surface area contributed by atoms with Crippen LogP contribution in [0.3, 0.4) is 0 Å². The molecule has 17 heavy (non-hydrogen) atoms. The largest absolute Gasteiger partial charge is 0.381 e. The van der Waals surface area contributed by atoms with Crippen molar-refractivity contribution in [3.8, 4) is 0 Å². The first kappa shape index (κ1) is 14.3. The summed E-state index contributed by atoms with van der Waals surface area (Å²) in [6.07, 6.45) is 0. The van der Waals surface area contributed by atoms with Crippen LogP contribution >= 0.6 is 11.6 Å². The lowest BCUT2D eigenvalue weighted by atomic mass is 9.85. The molecule has 96 valence electrons. The molecule has 1 rings (SSSR count). The Hall–Kier alpha value is -0.760. The van der Waals surface area contributed by atoms with E-state index in [0.29, 0.717) is 28.5 Å². The van der Waals surface area contributed by atoms with E-state index in [9.17, 15) is 4.39 Å². The molecule has 1 aromatic carbocycles. The van der Waals surface area contributed by atoms with E-state index in [1.807, 2.05) is 0 Å². The number of rotatable bonds is 5. The lowest BCUT2D eigenvalue weighted by Gasteiger charge is -2.25. The lowest BCUT2D eigenvalue weighted by molar-refractivity contribution is 0.304. The van der Waals surface area contributed by atoms with Crippen molar-refractivity contribution in [3.63, 3.8) is 0 Å². The van der Waals surface area contributed by atoms with Gasteiger partial charge in [-0.2, -0.15) is 0 Å². The summed E-state index contributed by atoms with van der Waals surface area (Å²) in [7, 11) is 0. The molecule has 0 aliphatic carbocycles. The maximum Gasteiger partial charge on any atom is 0.147 e. The molecule has 0 unspecified atom stereocenters. The summed E-state index contributed by atoms with van der Waals surface area (Å²) in [5.41, 5.74) is 0.417. The topological polar surface area (TPSA) is 12.0 Å². The molecule has 1 aromatic rings. The van der Waals surface area contributed by atoms with Gasteiger partial charge in [0.25, 0.3) is 0 Å². The maximum atomic E-state index is 13.6. The number of nitrogens with one attached hydrogen (secondary N) is 1. The second kappa shape index (κ2) is 6.25. The fourth-order valence-corrected chi connectivity index (χ4v) is 2.36. The second-order valence-electron chi connectivity index (χ2n) is 5.13. The van der Waals surface area contributed by atoms with Crippen molar-refractivity contribution >= 4 is 17.3 Å². The van der Waals surface area contributed by atoms with E-state index >= 15 is 0 Å². The van der Waals surface area contributed by atoms with E-state index in [4.69, 9.17) is 11.6 Å². The third kappa shape index (κ3) is 3.88. The summed E-state index contributed by atoms with van der Waals surface area (Å²) in [6, 6.07) is 4.74. The Bertz CT molecular complexity index is 335. The molecule has 0 amide bonds. The van der Waals surface area contributed by atoms with Crippen LogP contribution in [0.5, 0.6) is 0 Å². The summed E-state index contributed by atoms with van der Waals surface area (Å²) >= 11 is 5.97. The van der Waals surface area contributed by atoms with Crippen molar-refractivity contribution in [1.82, 2.24) is 0 Å². The fourth-order valence-electron chi connectivity index (χ4n) is 2.13. The Balaban J connectivity index is 2.72. The molecule has 0 aromatic heterocycles. The molecule has 0 spiro atoms. The lowest BCUT2D eigenvalue weighted by Crippen LogP contribution is -2.24. The third-order valence-corrected chi connectivity index (χ3v) is 3.50. The average molecular weight is 258 g/mol. The minimum atomic E-state index is -0.288. The van der Waals surface area contributed by atoms with Crippen LogP contribution in [-0.4, -0.2) is 6.54 Å². The molecule has 0 radical (unpaired) electrons. The van der Waals surface area contributed by atoms with E-state index in [1.54, 1.807) is 12.1 Å². The van der Waals surface area contributed by atoms with Crippen molar-refractivity contribution in [1.29, 1.82) is 0 Å². The summed E-state index contributed by atoms with van der Waals surface area (Å²) in [4.78, 5) is 0. The molecule has 1 N–H and O–H groups in total. The van der Waals surface area contributed by atoms with Gasteiger partial charge < -0.3 is 5.32 Å². The van der Waals surface area contributed by atoms with Gasteiger partial charge in [0.05, 0.1) is 10.7 Å². The van der Waals surface area contributed by atoms with Gasteiger partial charge in [-0.1, -0.05) is 45.4 Å². The summed E-state index contributed by atoms with van der Waals surface area (Å²) in [6.45, 7) is 9.51. The molecule has 3 heteroatoms. The highest BCUT2D eigenvalue weighted by Crippen LogP contribution is 2.27. The Morgan fingerprint density at radius 3 is 2.24 bits per heavy atom. The molecular weight excluding hydrogens is 237 g/mol. The van der Waals surface area contributed by atoms with Gasteiger partial charge in [0.2, 0.25) is 0 Å². The van der Waals surface area contributed by atoms with Gasteiger partial charge in [0.15, 0.2) is 0 Å². The van der Waals surface area contributed by atoms with Gasteiger partial charge >= 0.3 is 0 Å². The predicted molar refractivity (Wildman–Crippen MR) is 73.1 cm³/mol. The fraction of sp³-hybridized carbons (Fsp3) is 0.571. The molecular formula is C14H21ClFN. The first-order valence-electron chi connectivity index (χ1n) is 6.11. The van der Waals surface area contributed by atoms with Crippen molar-refractivity contribution in [2.45, 2.75) is 27.7 Å². The molecule has 0 aliphatic heterocycles. The van der Waals surface area contributed by atoms with E-state index < -0.39 is 0 Å². The standard InChI is InChI=1S/C14H21ClFN/c1-9(2)11(10(3)4)8-17-14-12(15)6-5-7-13(14)16/h5-7,9-11,17H,8H2,1-4H3.